The van der Waals surface area contributed by atoms with E-state index >= 15 is 0 Å². The highest BCUT2D eigenvalue weighted by Crippen LogP contribution is 2.38. The van der Waals surface area contributed by atoms with Gasteiger partial charge in [-0.3, -0.25) is 0 Å². The molecule has 1 saturated heterocycles. The molecule has 2 heterocycles. The summed E-state index contributed by atoms with van der Waals surface area (Å²) in [6.45, 7) is 2.88. The molecule has 3 aliphatic rings. The van der Waals surface area contributed by atoms with Gasteiger partial charge in [0.15, 0.2) is 0 Å². The molecule has 134 valence electrons. The predicted octanol–water partition coefficient (Wildman–Crippen LogP) is 3.23. The number of sulfonamides is 1. The first-order valence-corrected chi connectivity index (χ1v) is 10.5. The van der Waals surface area contributed by atoms with Crippen LogP contribution in [0.2, 0.25) is 0 Å². The molecule has 25 heavy (non-hydrogen) atoms. The standard InChI is InChI=1S/C19H24N2O3S/c22-25(23)19(12-15-20-13-6-7-14-20)24-18-11-5-4-10-17(18)21(25)16-8-2-1-3-9-16/h1-3,5,8-9,11,19H,4,6-7,10,12-15H2. The van der Waals surface area contributed by atoms with Gasteiger partial charge in [-0.15, -0.1) is 0 Å². The van der Waals surface area contributed by atoms with E-state index in [-0.39, 0.29) is 0 Å². The highest BCUT2D eigenvalue weighted by atomic mass is 32.2. The van der Waals surface area contributed by atoms with Crippen molar-refractivity contribution in [1.82, 2.24) is 4.90 Å². The SMILES string of the molecule is O=S1(=O)C(CCN2CCCC2)OC2=C(CCC=C2)N1c1ccccc1. The number of rotatable bonds is 4. The summed E-state index contributed by atoms with van der Waals surface area (Å²) >= 11 is 0. The minimum absolute atomic E-state index is 0.496. The number of para-hydroxylation sites is 1. The molecule has 1 aliphatic carbocycles. The third-order valence-electron chi connectivity index (χ3n) is 5.06. The fraction of sp³-hybridized carbons (Fsp3) is 0.474. The second-order valence-corrected chi connectivity index (χ2v) is 8.70. The molecule has 4 rings (SSSR count). The average Bonchev–Trinajstić information content (AvgIpc) is 3.14. The van der Waals surface area contributed by atoms with Gasteiger partial charge in [-0.1, -0.05) is 24.3 Å². The molecule has 0 radical (unpaired) electrons. The Morgan fingerprint density at radius 1 is 1.12 bits per heavy atom. The molecule has 6 heteroatoms. The zero-order valence-electron chi connectivity index (χ0n) is 14.3. The lowest BCUT2D eigenvalue weighted by atomic mass is 10.1. The Bertz CT molecular complexity index is 780. The highest BCUT2D eigenvalue weighted by molar-refractivity contribution is 7.93. The quantitative estimate of drug-likeness (QED) is 0.827. The second kappa shape index (κ2) is 6.84. The van der Waals surface area contributed by atoms with Gasteiger partial charge in [-0.05, 0) is 57.0 Å². The summed E-state index contributed by atoms with van der Waals surface area (Å²) in [7, 11) is -3.59. The molecule has 1 aromatic carbocycles. The van der Waals surface area contributed by atoms with E-state index in [9.17, 15) is 8.42 Å². The third kappa shape index (κ3) is 3.20. The molecule has 5 nitrogen and oxygen atoms in total. The minimum Gasteiger partial charge on any atom is -0.471 e. The zero-order valence-corrected chi connectivity index (χ0v) is 15.1. The van der Waals surface area contributed by atoms with Crippen LogP contribution in [0, 0.1) is 0 Å². The van der Waals surface area contributed by atoms with E-state index in [2.05, 4.69) is 11.0 Å². The van der Waals surface area contributed by atoms with Gasteiger partial charge in [0.05, 0.1) is 11.4 Å². The molecule has 0 N–H and O–H groups in total. The van der Waals surface area contributed by atoms with Crippen LogP contribution in [0.25, 0.3) is 0 Å². The first-order valence-electron chi connectivity index (χ1n) is 9.04. The summed E-state index contributed by atoms with van der Waals surface area (Å²) in [5, 5.41) is 0. The summed E-state index contributed by atoms with van der Waals surface area (Å²) in [4.78, 5) is 2.33. The number of hydrogen-bond donors (Lipinski definition) is 0. The topological polar surface area (TPSA) is 49.9 Å². The summed E-state index contributed by atoms with van der Waals surface area (Å²) in [5.41, 5.74) is 0.626. The Kier molecular flexibility index (Phi) is 4.56. The number of nitrogens with zero attached hydrogens (tertiary/aromatic N) is 2. The lowest BCUT2D eigenvalue weighted by Gasteiger charge is -2.38. The number of hydrogen-bond acceptors (Lipinski definition) is 4. The van der Waals surface area contributed by atoms with Crippen LogP contribution in [0.4, 0.5) is 5.69 Å². The lowest BCUT2D eigenvalue weighted by molar-refractivity contribution is 0.155. The van der Waals surface area contributed by atoms with Gasteiger partial charge < -0.3 is 9.64 Å². The first kappa shape index (κ1) is 16.7. The van der Waals surface area contributed by atoms with E-state index in [1.807, 2.05) is 36.4 Å². The summed E-state index contributed by atoms with van der Waals surface area (Å²) in [5.74, 6) is 0.705. The molecule has 0 aromatic heterocycles. The molecular formula is C19H24N2O3S. The van der Waals surface area contributed by atoms with Crippen molar-refractivity contribution in [3.63, 3.8) is 0 Å². The maximum atomic E-state index is 13.3. The molecule has 1 aromatic rings. The van der Waals surface area contributed by atoms with Gasteiger partial charge in [0.25, 0.3) is 10.0 Å². The fourth-order valence-corrected chi connectivity index (χ4v) is 5.55. The molecular weight excluding hydrogens is 336 g/mol. The van der Waals surface area contributed by atoms with Gasteiger partial charge in [0.2, 0.25) is 5.44 Å². The molecule has 0 amide bonds. The molecule has 0 spiro atoms. The van der Waals surface area contributed by atoms with Crippen LogP contribution in [-0.2, 0) is 14.8 Å². The number of benzene rings is 1. The smallest absolute Gasteiger partial charge is 0.277 e. The van der Waals surface area contributed by atoms with Crippen LogP contribution in [-0.4, -0.2) is 38.4 Å². The molecule has 2 aliphatic heterocycles. The number of anilines is 1. The molecule has 0 saturated carbocycles. The summed E-state index contributed by atoms with van der Waals surface area (Å²) < 4.78 is 34.1. The van der Waals surface area contributed by atoms with Crippen LogP contribution in [0.1, 0.15) is 32.1 Å². The average molecular weight is 360 g/mol. The van der Waals surface area contributed by atoms with Crippen molar-refractivity contribution >= 4 is 15.7 Å². The minimum atomic E-state index is -3.59. The first-order chi connectivity index (χ1) is 12.2. The van der Waals surface area contributed by atoms with Crippen LogP contribution >= 0.6 is 0 Å². The van der Waals surface area contributed by atoms with E-state index < -0.39 is 15.5 Å². The number of ether oxygens (including phenoxy) is 1. The van der Waals surface area contributed by atoms with Gasteiger partial charge in [0, 0.05) is 13.0 Å². The Hall–Kier alpha value is -1.79. The van der Waals surface area contributed by atoms with Crippen LogP contribution < -0.4 is 4.31 Å². The Morgan fingerprint density at radius 2 is 1.88 bits per heavy atom. The van der Waals surface area contributed by atoms with E-state index in [1.165, 1.54) is 17.1 Å². The van der Waals surface area contributed by atoms with Crippen molar-refractivity contribution in [3.8, 4) is 0 Å². The monoisotopic (exact) mass is 360 g/mol. The van der Waals surface area contributed by atoms with Crippen molar-refractivity contribution in [3.05, 3.63) is 53.9 Å². The maximum Gasteiger partial charge on any atom is 0.277 e. The molecule has 0 bridgehead atoms. The van der Waals surface area contributed by atoms with Crippen molar-refractivity contribution in [1.29, 1.82) is 0 Å². The van der Waals surface area contributed by atoms with E-state index in [1.54, 1.807) is 0 Å². The van der Waals surface area contributed by atoms with Crippen molar-refractivity contribution in [2.24, 2.45) is 0 Å². The maximum absolute atomic E-state index is 13.3. The Balaban J connectivity index is 1.66. The van der Waals surface area contributed by atoms with Gasteiger partial charge in [-0.2, -0.15) is 0 Å². The number of allylic oxidation sites excluding steroid dienone is 3. The molecule has 1 fully saturated rings. The van der Waals surface area contributed by atoms with Crippen molar-refractivity contribution in [2.45, 2.75) is 37.5 Å². The summed E-state index contributed by atoms with van der Waals surface area (Å²) in [6, 6.07) is 9.35. The third-order valence-corrected chi connectivity index (χ3v) is 7.00. The van der Waals surface area contributed by atoms with E-state index in [0.29, 0.717) is 24.3 Å². The lowest BCUT2D eigenvalue weighted by Crippen LogP contribution is -2.45. The van der Waals surface area contributed by atoms with Crippen LogP contribution in [0.5, 0.6) is 0 Å². The van der Waals surface area contributed by atoms with Gasteiger partial charge in [0.1, 0.15) is 5.76 Å². The van der Waals surface area contributed by atoms with Gasteiger partial charge in [-0.25, -0.2) is 12.7 Å². The van der Waals surface area contributed by atoms with Crippen LogP contribution in [0.15, 0.2) is 53.9 Å². The van der Waals surface area contributed by atoms with Crippen molar-refractivity contribution in [2.75, 3.05) is 23.9 Å². The highest BCUT2D eigenvalue weighted by Gasteiger charge is 2.42. The van der Waals surface area contributed by atoms with E-state index in [0.717, 1.165) is 31.8 Å². The Morgan fingerprint density at radius 3 is 2.64 bits per heavy atom. The second-order valence-electron chi connectivity index (χ2n) is 6.78. The zero-order chi connectivity index (χ0) is 17.3. The van der Waals surface area contributed by atoms with Crippen molar-refractivity contribution < 1.29 is 13.2 Å². The van der Waals surface area contributed by atoms with E-state index in [4.69, 9.17) is 4.74 Å². The van der Waals surface area contributed by atoms with Crippen LogP contribution in [0.3, 0.4) is 0 Å². The number of likely N-dealkylation sites (tertiary alicyclic amines) is 1. The summed E-state index contributed by atoms with van der Waals surface area (Å²) in [6.07, 6.45) is 8.39. The molecule has 1 unspecified atom stereocenters. The van der Waals surface area contributed by atoms with Gasteiger partial charge >= 0.3 is 0 Å². The molecule has 1 atom stereocenters. The largest absolute Gasteiger partial charge is 0.471 e. The Labute approximate surface area is 149 Å². The fourth-order valence-electron chi connectivity index (χ4n) is 3.78. The normalized spacial score (nSPS) is 25.8. The predicted molar refractivity (Wildman–Crippen MR) is 98.4 cm³/mol.